The van der Waals surface area contributed by atoms with Gasteiger partial charge in [-0.2, -0.15) is 11.8 Å². The van der Waals surface area contributed by atoms with E-state index >= 15 is 0 Å². The average molecular weight is 413 g/mol. The number of hydrogen-bond donors (Lipinski definition) is 0. The molecule has 170 valence electrons. The molecule has 0 nitrogen and oxygen atoms in total. The molecule has 0 unspecified atom stereocenters. The number of hydrogen-bond acceptors (Lipinski definition) is 1. The predicted molar refractivity (Wildman–Crippen MR) is 135 cm³/mol. The van der Waals surface area contributed by atoms with Crippen LogP contribution in [0.25, 0.3) is 0 Å². The molecule has 0 radical (unpaired) electrons. The maximum Gasteiger partial charge on any atom is -0.00675 e. The standard InChI is InChI=1S/C27H56S/c1-3-5-7-8-9-10-11-12-13-14-15-16-17-18-19-20-21-22-23-25-27-28-26-24-6-4-2/h3-27H2,1-2H3. The molecule has 0 aromatic rings. The van der Waals surface area contributed by atoms with Crippen LogP contribution in [-0.2, 0) is 0 Å². The Morgan fingerprint density at radius 3 is 0.821 bits per heavy atom. The monoisotopic (exact) mass is 412 g/mol. The van der Waals surface area contributed by atoms with Gasteiger partial charge < -0.3 is 0 Å². The van der Waals surface area contributed by atoms with Crippen LogP contribution in [0.5, 0.6) is 0 Å². The maximum atomic E-state index is 2.30. The van der Waals surface area contributed by atoms with E-state index in [-0.39, 0.29) is 0 Å². The minimum atomic E-state index is 1.36. The Bertz CT molecular complexity index is 225. The molecule has 0 fully saturated rings. The van der Waals surface area contributed by atoms with Crippen molar-refractivity contribution in [2.24, 2.45) is 0 Å². The Morgan fingerprint density at radius 1 is 0.286 bits per heavy atom. The molecule has 0 rings (SSSR count). The summed E-state index contributed by atoms with van der Waals surface area (Å²) >= 11 is 2.18. The molecule has 0 aliphatic heterocycles. The van der Waals surface area contributed by atoms with E-state index in [9.17, 15) is 0 Å². The first-order valence-electron chi connectivity index (χ1n) is 13.5. The molecule has 0 aromatic heterocycles. The van der Waals surface area contributed by atoms with Crippen molar-refractivity contribution in [3.05, 3.63) is 0 Å². The van der Waals surface area contributed by atoms with Gasteiger partial charge in [-0.3, -0.25) is 0 Å². The van der Waals surface area contributed by atoms with Crippen molar-refractivity contribution in [2.45, 2.75) is 162 Å². The van der Waals surface area contributed by atoms with Gasteiger partial charge >= 0.3 is 0 Å². The topological polar surface area (TPSA) is 0 Å². The Kier molecular flexibility index (Phi) is 27.7. The fourth-order valence-electron chi connectivity index (χ4n) is 4.02. The van der Waals surface area contributed by atoms with Crippen LogP contribution in [0.3, 0.4) is 0 Å². The fraction of sp³-hybridized carbons (Fsp3) is 1.00. The molecular weight excluding hydrogens is 356 g/mol. The molecule has 0 amide bonds. The van der Waals surface area contributed by atoms with Crippen LogP contribution in [-0.4, -0.2) is 11.5 Å². The van der Waals surface area contributed by atoms with E-state index in [0.717, 1.165) is 0 Å². The van der Waals surface area contributed by atoms with Crippen LogP contribution >= 0.6 is 11.8 Å². The fourth-order valence-corrected chi connectivity index (χ4v) is 5.04. The number of unbranched alkanes of at least 4 members (excludes halogenated alkanes) is 21. The van der Waals surface area contributed by atoms with E-state index in [1.54, 1.807) is 0 Å². The zero-order valence-electron chi connectivity index (χ0n) is 20.1. The van der Waals surface area contributed by atoms with E-state index in [1.165, 1.54) is 159 Å². The van der Waals surface area contributed by atoms with Gasteiger partial charge in [-0.05, 0) is 24.3 Å². The zero-order valence-corrected chi connectivity index (χ0v) is 20.9. The highest BCUT2D eigenvalue weighted by Crippen LogP contribution is 2.15. The van der Waals surface area contributed by atoms with Crippen LogP contribution in [0.2, 0.25) is 0 Å². The van der Waals surface area contributed by atoms with Gasteiger partial charge in [0, 0.05) is 0 Å². The molecule has 0 aliphatic rings. The molecular formula is C27H56S. The van der Waals surface area contributed by atoms with Crippen LogP contribution in [0.1, 0.15) is 162 Å². The van der Waals surface area contributed by atoms with Gasteiger partial charge in [0.15, 0.2) is 0 Å². The van der Waals surface area contributed by atoms with Crippen molar-refractivity contribution in [3.8, 4) is 0 Å². The van der Waals surface area contributed by atoms with E-state index in [0.29, 0.717) is 0 Å². The normalized spacial score (nSPS) is 11.4. The lowest BCUT2D eigenvalue weighted by atomic mass is 10.0. The first kappa shape index (κ1) is 28.4. The summed E-state index contributed by atoms with van der Waals surface area (Å²) in [6.45, 7) is 4.60. The van der Waals surface area contributed by atoms with Crippen molar-refractivity contribution in [3.63, 3.8) is 0 Å². The first-order chi connectivity index (χ1) is 13.9. The van der Waals surface area contributed by atoms with Gasteiger partial charge in [0.2, 0.25) is 0 Å². The predicted octanol–water partition coefficient (Wildman–Crippen LogP) is 10.7. The molecule has 1 heteroatoms. The van der Waals surface area contributed by atoms with Crippen molar-refractivity contribution in [2.75, 3.05) is 11.5 Å². The molecule has 28 heavy (non-hydrogen) atoms. The van der Waals surface area contributed by atoms with Gasteiger partial charge in [0.25, 0.3) is 0 Å². The molecule has 0 aromatic carbocycles. The quantitative estimate of drug-likeness (QED) is 0.134. The summed E-state index contributed by atoms with van der Waals surface area (Å²) in [5.41, 5.74) is 0. The lowest BCUT2D eigenvalue weighted by Crippen LogP contribution is -1.86. The maximum absolute atomic E-state index is 2.30. The van der Waals surface area contributed by atoms with Crippen molar-refractivity contribution < 1.29 is 0 Å². The average Bonchev–Trinajstić information content (AvgIpc) is 2.71. The number of thioether (sulfide) groups is 1. The summed E-state index contributed by atoms with van der Waals surface area (Å²) in [6, 6.07) is 0. The molecule has 0 heterocycles. The van der Waals surface area contributed by atoms with Gasteiger partial charge in [-0.25, -0.2) is 0 Å². The van der Waals surface area contributed by atoms with Crippen LogP contribution in [0, 0.1) is 0 Å². The smallest absolute Gasteiger partial charge is 0.00675 e. The molecule has 0 bridgehead atoms. The third-order valence-electron chi connectivity index (χ3n) is 6.03. The first-order valence-corrected chi connectivity index (χ1v) is 14.6. The minimum absolute atomic E-state index is 1.36. The minimum Gasteiger partial charge on any atom is -0.162 e. The molecule has 0 spiro atoms. The van der Waals surface area contributed by atoms with Gasteiger partial charge in [-0.15, -0.1) is 0 Å². The summed E-state index contributed by atoms with van der Waals surface area (Å²) in [5, 5.41) is 0. The highest BCUT2D eigenvalue weighted by atomic mass is 32.2. The largest absolute Gasteiger partial charge is 0.162 e. The van der Waals surface area contributed by atoms with Crippen LogP contribution in [0.15, 0.2) is 0 Å². The van der Waals surface area contributed by atoms with E-state index < -0.39 is 0 Å². The Hall–Kier alpha value is 0.350. The molecule has 0 atom stereocenters. The van der Waals surface area contributed by atoms with Gasteiger partial charge in [-0.1, -0.05) is 149 Å². The Balaban J connectivity index is 2.96. The lowest BCUT2D eigenvalue weighted by molar-refractivity contribution is 0.523. The molecule has 0 N–H and O–H groups in total. The second kappa shape index (κ2) is 27.4. The second-order valence-corrected chi connectivity index (χ2v) is 10.3. The lowest BCUT2D eigenvalue weighted by Gasteiger charge is -2.04. The highest BCUT2D eigenvalue weighted by Gasteiger charge is 1.96. The Labute approximate surface area is 184 Å². The SMILES string of the molecule is CCCCCCCCCCCCCCCCCCCCCCSCCCCC. The molecule has 0 saturated carbocycles. The van der Waals surface area contributed by atoms with Crippen molar-refractivity contribution in [1.82, 2.24) is 0 Å². The third-order valence-corrected chi connectivity index (χ3v) is 7.19. The van der Waals surface area contributed by atoms with Crippen molar-refractivity contribution in [1.29, 1.82) is 0 Å². The second-order valence-electron chi connectivity index (χ2n) is 9.04. The number of rotatable bonds is 25. The summed E-state index contributed by atoms with van der Waals surface area (Å²) in [7, 11) is 0. The molecule has 0 saturated heterocycles. The molecule has 0 aliphatic carbocycles. The summed E-state index contributed by atoms with van der Waals surface area (Å²) in [6.07, 6.45) is 33.8. The van der Waals surface area contributed by atoms with Crippen LogP contribution in [0.4, 0.5) is 0 Å². The zero-order chi connectivity index (χ0) is 20.4. The summed E-state index contributed by atoms with van der Waals surface area (Å²) < 4.78 is 0. The van der Waals surface area contributed by atoms with E-state index in [2.05, 4.69) is 25.6 Å². The van der Waals surface area contributed by atoms with Gasteiger partial charge in [0.05, 0.1) is 0 Å². The van der Waals surface area contributed by atoms with Crippen molar-refractivity contribution >= 4 is 11.8 Å². The van der Waals surface area contributed by atoms with Gasteiger partial charge in [0.1, 0.15) is 0 Å². The highest BCUT2D eigenvalue weighted by molar-refractivity contribution is 7.99. The van der Waals surface area contributed by atoms with E-state index in [4.69, 9.17) is 0 Å². The third kappa shape index (κ3) is 26.4. The Morgan fingerprint density at radius 2 is 0.500 bits per heavy atom. The summed E-state index contributed by atoms with van der Waals surface area (Å²) in [4.78, 5) is 0. The van der Waals surface area contributed by atoms with Crippen LogP contribution < -0.4 is 0 Å². The summed E-state index contributed by atoms with van der Waals surface area (Å²) in [5.74, 6) is 2.80. The van der Waals surface area contributed by atoms with E-state index in [1.807, 2.05) is 0 Å².